The molecule has 68 valence electrons. The van der Waals surface area contributed by atoms with Gasteiger partial charge in [-0.3, -0.25) is 0 Å². The topological polar surface area (TPSA) is 37.3 Å². The second kappa shape index (κ2) is 6.65. The van der Waals surface area contributed by atoms with E-state index in [1.165, 1.54) is 0 Å². The molecule has 0 atom stereocenters. The van der Waals surface area contributed by atoms with Crippen molar-refractivity contribution in [2.24, 2.45) is 0 Å². The first kappa shape index (κ1) is 11.0. The fraction of sp³-hybridized carbons (Fsp3) is 0.500. The van der Waals surface area contributed by atoms with E-state index in [0.29, 0.717) is 12.0 Å². The van der Waals surface area contributed by atoms with Crippen LogP contribution in [0.2, 0.25) is 0 Å². The van der Waals surface area contributed by atoms with E-state index in [1.54, 1.807) is 13.0 Å². The van der Waals surface area contributed by atoms with Crippen molar-refractivity contribution in [1.82, 2.24) is 0 Å². The van der Waals surface area contributed by atoms with Crippen molar-refractivity contribution in [3.05, 3.63) is 23.8 Å². The van der Waals surface area contributed by atoms with Gasteiger partial charge in [-0.25, -0.2) is 4.79 Å². The maximum absolute atomic E-state index is 10.5. The van der Waals surface area contributed by atoms with Gasteiger partial charge in [0, 0.05) is 5.57 Å². The predicted octanol–water partition coefficient (Wildman–Crippen LogP) is 2.76. The summed E-state index contributed by atoms with van der Waals surface area (Å²) in [7, 11) is 0. The van der Waals surface area contributed by atoms with Crippen LogP contribution in [0.4, 0.5) is 0 Å². The zero-order valence-corrected chi connectivity index (χ0v) is 7.71. The summed E-state index contributed by atoms with van der Waals surface area (Å²) < 4.78 is 0. The highest BCUT2D eigenvalue weighted by Gasteiger charge is 2.02. The van der Waals surface area contributed by atoms with Crippen LogP contribution in [0.3, 0.4) is 0 Å². The summed E-state index contributed by atoms with van der Waals surface area (Å²) in [5.74, 6) is -0.803. The molecule has 0 aromatic rings. The molecular formula is C10H16O2. The minimum atomic E-state index is -0.803. The van der Waals surface area contributed by atoms with E-state index in [4.69, 9.17) is 5.11 Å². The maximum atomic E-state index is 10.5. The molecule has 0 aliphatic rings. The minimum absolute atomic E-state index is 0.496. The maximum Gasteiger partial charge on any atom is 0.331 e. The van der Waals surface area contributed by atoms with E-state index in [2.05, 4.69) is 13.0 Å². The summed E-state index contributed by atoms with van der Waals surface area (Å²) in [4.78, 5) is 10.5. The Morgan fingerprint density at radius 1 is 1.42 bits per heavy atom. The monoisotopic (exact) mass is 168 g/mol. The van der Waals surface area contributed by atoms with Crippen molar-refractivity contribution in [2.75, 3.05) is 0 Å². The zero-order valence-electron chi connectivity index (χ0n) is 7.71. The Bertz CT molecular complexity index is 190. The number of hydrogen-bond donors (Lipinski definition) is 1. The fourth-order valence-corrected chi connectivity index (χ4v) is 0.898. The van der Waals surface area contributed by atoms with Gasteiger partial charge in [0.15, 0.2) is 0 Å². The number of aliphatic carboxylic acids is 1. The lowest BCUT2D eigenvalue weighted by atomic mass is 10.1. The highest BCUT2D eigenvalue weighted by molar-refractivity contribution is 5.86. The van der Waals surface area contributed by atoms with Crippen LogP contribution in [0.1, 0.15) is 33.1 Å². The molecule has 0 aliphatic heterocycles. The second-order valence-electron chi connectivity index (χ2n) is 2.54. The van der Waals surface area contributed by atoms with Crippen LogP contribution >= 0.6 is 0 Å². The Morgan fingerprint density at radius 2 is 2.08 bits per heavy atom. The predicted molar refractivity (Wildman–Crippen MR) is 50.1 cm³/mol. The lowest BCUT2D eigenvalue weighted by molar-refractivity contribution is -0.132. The molecular weight excluding hydrogens is 152 g/mol. The Hall–Kier alpha value is -1.05. The summed E-state index contributed by atoms with van der Waals surface area (Å²) in [6.45, 7) is 3.82. The standard InChI is InChI=1S/C10H16O2/c1-3-5-6-7-8-9(4-2)10(11)12/h4-6H,3,7-8H2,1-2H3,(H,11,12)/b6-5?,9-4-. The van der Waals surface area contributed by atoms with Gasteiger partial charge in [0.2, 0.25) is 0 Å². The van der Waals surface area contributed by atoms with Gasteiger partial charge >= 0.3 is 5.97 Å². The Labute approximate surface area is 73.6 Å². The molecule has 0 radical (unpaired) electrons. The first-order chi connectivity index (χ1) is 5.72. The molecule has 0 aromatic carbocycles. The average molecular weight is 168 g/mol. The van der Waals surface area contributed by atoms with E-state index >= 15 is 0 Å². The van der Waals surface area contributed by atoms with Gasteiger partial charge < -0.3 is 5.11 Å². The normalized spacial score (nSPS) is 12.3. The van der Waals surface area contributed by atoms with Gasteiger partial charge in [-0.15, -0.1) is 0 Å². The summed E-state index contributed by atoms with van der Waals surface area (Å²) in [5.41, 5.74) is 0.496. The lowest BCUT2D eigenvalue weighted by Gasteiger charge is -1.96. The first-order valence-electron chi connectivity index (χ1n) is 4.25. The van der Waals surface area contributed by atoms with Gasteiger partial charge in [-0.2, -0.15) is 0 Å². The van der Waals surface area contributed by atoms with Crippen LogP contribution < -0.4 is 0 Å². The molecule has 0 rings (SSSR count). The third-order valence-corrected chi connectivity index (χ3v) is 1.61. The third-order valence-electron chi connectivity index (χ3n) is 1.61. The lowest BCUT2D eigenvalue weighted by Crippen LogP contribution is -1.99. The van der Waals surface area contributed by atoms with E-state index < -0.39 is 5.97 Å². The first-order valence-corrected chi connectivity index (χ1v) is 4.25. The van der Waals surface area contributed by atoms with E-state index in [0.717, 1.165) is 12.8 Å². The molecule has 2 heteroatoms. The molecule has 0 saturated heterocycles. The van der Waals surface area contributed by atoms with Crippen molar-refractivity contribution in [1.29, 1.82) is 0 Å². The third kappa shape index (κ3) is 4.72. The van der Waals surface area contributed by atoms with Crippen LogP contribution in [0, 0.1) is 0 Å². The molecule has 0 aliphatic carbocycles. The molecule has 0 spiro atoms. The Balaban J connectivity index is 3.75. The number of carboxylic acid groups (broad SMARTS) is 1. The average Bonchev–Trinajstić information content (AvgIpc) is 2.04. The molecule has 0 bridgehead atoms. The number of rotatable bonds is 5. The van der Waals surface area contributed by atoms with Crippen LogP contribution in [-0.2, 0) is 4.79 Å². The zero-order chi connectivity index (χ0) is 9.40. The molecule has 0 amide bonds. The second-order valence-corrected chi connectivity index (χ2v) is 2.54. The van der Waals surface area contributed by atoms with Crippen molar-refractivity contribution in [2.45, 2.75) is 33.1 Å². The number of allylic oxidation sites excluding steroid dienone is 3. The molecule has 0 fully saturated rings. The Kier molecular flexibility index (Phi) is 6.07. The quantitative estimate of drug-likeness (QED) is 0.506. The molecule has 0 unspecified atom stereocenters. The van der Waals surface area contributed by atoms with Crippen LogP contribution in [0.15, 0.2) is 23.8 Å². The number of carbonyl (C=O) groups is 1. The van der Waals surface area contributed by atoms with Crippen molar-refractivity contribution >= 4 is 5.97 Å². The highest BCUT2D eigenvalue weighted by atomic mass is 16.4. The summed E-state index contributed by atoms with van der Waals surface area (Å²) >= 11 is 0. The summed E-state index contributed by atoms with van der Waals surface area (Å²) in [5, 5.41) is 8.64. The number of carboxylic acids is 1. The molecule has 1 N–H and O–H groups in total. The van der Waals surface area contributed by atoms with Gasteiger partial charge in [-0.05, 0) is 26.2 Å². The fourth-order valence-electron chi connectivity index (χ4n) is 0.898. The van der Waals surface area contributed by atoms with E-state index in [-0.39, 0.29) is 0 Å². The molecule has 2 nitrogen and oxygen atoms in total. The summed E-state index contributed by atoms with van der Waals surface area (Å²) in [6.07, 6.45) is 8.18. The SMILES string of the molecule is C/C=C(/CCC=CCC)C(=O)O. The molecule has 0 saturated carbocycles. The largest absolute Gasteiger partial charge is 0.478 e. The Morgan fingerprint density at radius 3 is 2.50 bits per heavy atom. The number of hydrogen-bond acceptors (Lipinski definition) is 1. The summed E-state index contributed by atoms with van der Waals surface area (Å²) in [6, 6.07) is 0. The minimum Gasteiger partial charge on any atom is -0.478 e. The van der Waals surface area contributed by atoms with Crippen LogP contribution in [0.25, 0.3) is 0 Å². The van der Waals surface area contributed by atoms with E-state index in [9.17, 15) is 4.79 Å². The highest BCUT2D eigenvalue weighted by Crippen LogP contribution is 2.05. The van der Waals surface area contributed by atoms with Crippen molar-refractivity contribution in [3.8, 4) is 0 Å². The van der Waals surface area contributed by atoms with Crippen LogP contribution in [0.5, 0.6) is 0 Å². The smallest absolute Gasteiger partial charge is 0.331 e. The van der Waals surface area contributed by atoms with Gasteiger partial charge in [0.25, 0.3) is 0 Å². The van der Waals surface area contributed by atoms with Crippen molar-refractivity contribution < 1.29 is 9.90 Å². The van der Waals surface area contributed by atoms with Crippen molar-refractivity contribution in [3.63, 3.8) is 0 Å². The van der Waals surface area contributed by atoms with Crippen LogP contribution in [-0.4, -0.2) is 11.1 Å². The molecule has 0 aromatic heterocycles. The molecule has 0 heterocycles. The van der Waals surface area contributed by atoms with Gasteiger partial charge in [0.05, 0.1) is 0 Å². The molecule has 12 heavy (non-hydrogen) atoms. The van der Waals surface area contributed by atoms with E-state index in [1.807, 2.05) is 6.08 Å². The van der Waals surface area contributed by atoms with Gasteiger partial charge in [0.1, 0.15) is 0 Å². The van der Waals surface area contributed by atoms with Gasteiger partial charge in [-0.1, -0.05) is 25.2 Å².